The van der Waals surface area contributed by atoms with Gasteiger partial charge in [0.15, 0.2) is 0 Å². The van der Waals surface area contributed by atoms with Crippen molar-refractivity contribution in [2.24, 2.45) is 10.7 Å². The summed E-state index contributed by atoms with van der Waals surface area (Å²) in [7, 11) is 1.63. The first-order valence-electron chi connectivity index (χ1n) is 3.69. The summed E-state index contributed by atoms with van der Waals surface area (Å²) in [6.45, 7) is 1.55. The zero-order valence-electron chi connectivity index (χ0n) is 7.06. The molecule has 0 fully saturated rings. The Morgan fingerprint density at radius 3 is 3.08 bits per heavy atom. The molecule has 0 aliphatic carbocycles. The molecule has 1 heterocycles. The summed E-state index contributed by atoms with van der Waals surface area (Å²) in [5.41, 5.74) is 5.41. The second-order valence-electron chi connectivity index (χ2n) is 2.28. The second kappa shape index (κ2) is 4.74. The molecule has 1 aliphatic heterocycles. The Morgan fingerprint density at radius 1 is 1.67 bits per heavy atom. The molecule has 0 saturated carbocycles. The number of rotatable bonds is 4. The zero-order valence-corrected chi connectivity index (χ0v) is 7.06. The number of methoxy groups -OCH3 is 1. The molecule has 0 aromatic rings. The Morgan fingerprint density at radius 2 is 2.50 bits per heavy atom. The van der Waals surface area contributed by atoms with Crippen LogP contribution < -0.4 is 5.73 Å². The fraction of sp³-hybridized carbons (Fsp3) is 0.571. The average molecular weight is 171 g/mol. The number of hydroxylamine groups is 2. The molecular formula is C7H13N3O2. The van der Waals surface area contributed by atoms with Crippen LogP contribution in [0.15, 0.2) is 17.3 Å². The summed E-state index contributed by atoms with van der Waals surface area (Å²) in [5, 5.41) is 1.61. The van der Waals surface area contributed by atoms with Crippen LogP contribution in [-0.2, 0) is 9.57 Å². The predicted molar refractivity (Wildman–Crippen MR) is 45.3 cm³/mol. The maximum Gasteiger partial charge on any atom is 0.137 e. The molecule has 1 rings (SSSR count). The van der Waals surface area contributed by atoms with Gasteiger partial charge in [0.2, 0.25) is 0 Å². The molecule has 0 saturated heterocycles. The van der Waals surface area contributed by atoms with Crippen LogP contribution in [-0.4, -0.2) is 37.9 Å². The van der Waals surface area contributed by atoms with Gasteiger partial charge in [0, 0.05) is 13.3 Å². The van der Waals surface area contributed by atoms with Crippen molar-refractivity contribution in [2.45, 2.75) is 0 Å². The summed E-state index contributed by atoms with van der Waals surface area (Å²) < 4.78 is 4.82. The number of amidine groups is 1. The third-order valence-electron chi connectivity index (χ3n) is 1.35. The van der Waals surface area contributed by atoms with E-state index in [4.69, 9.17) is 15.3 Å². The summed E-state index contributed by atoms with van der Waals surface area (Å²) in [6, 6.07) is 0. The van der Waals surface area contributed by atoms with Gasteiger partial charge >= 0.3 is 0 Å². The van der Waals surface area contributed by atoms with Gasteiger partial charge in [0.1, 0.15) is 12.5 Å². The van der Waals surface area contributed by atoms with E-state index in [1.54, 1.807) is 24.4 Å². The maximum atomic E-state index is 5.41. The van der Waals surface area contributed by atoms with E-state index in [1.807, 2.05) is 0 Å². The lowest BCUT2D eigenvalue weighted by atomic mass is 10.5. The molecule has 0 bridgehead atoms. The van der Waals surface area contributed by atoms with E-state index in [1.165, 1.54) is 0 Å². The van der Waals surface area contributed by atoms with Crippen LogP contribution in [0.2, 0.25) is 0 Å². The first-order valence-corrected chi connectivity index (χ1v) is 3.69. The molecule has 0 aromatic carbocycles. The van der Waals surface area contributed by atoms with Crippen LogP contribution in [0, 0.1) is 0 Å². The Kier molecular flexibility index (Phi) is 3.56. The average Bonchev–Trinajstić information content (AvgIpc) is 2.09. The van der Waals surface area contributed by atoms with Crippen molar-refractivity contribution in [1.82, 2.24) is 5.06 Å². The number of hydrogen-bond donors (Lipinski definition) is 1. The topological polar surface area (TPSA) is 60.1 Å². The molecule has 0 aromatic heterocycles. The van der Waals surface area contributed by atoms with Crippen LogP contribution in [0.5, 0.6) is 0 Å². The van der Waals surface area contributed by atoms with E-state index in [2.05, 4.69) is 4.99 Å². The van der Waals surface area contributed by atoms with Crippen molar-refractivity contribution in [3.8, 4) is 0 Å². The molecule has 0 spiro atoms. The van der Waals surface area contributed by atoms with Crippen molar-refractivity contribution in [2.75, 3.05) is 27.0 Å². The molecule has 0 atom stereocenters. The van der Waals surface area contributed by atoms with Gasteiger partial charge in [0.05, 0.1) is 13.2 Å². The lowest BCUT2D eigenvalue weighted by molar-refractivity contribution is -0.130. The largest absolute Gasteiger partial charge is 0.384 e. The normalized spacial score (nSPS) is 16.4. The summed E-state index contributed by atoms with van der Waals surface area (Å²) in [5.74, 6) is 0.529. The lowest BCUT2D eigenvalue weighted by Crippen LogP contribution is -2.26. The van der Waals surface area contributed by atoms with Crippen LogP contribution in [0.3, 0.4) is 0 Å². The van der Waals surface area contributed by atoms with Crippen LogP contribution in [0.1, 0.15) is 0 Å². The van der Waals surface area contributed by atoms with Gasteiger partial charge in [-0.15, -0.1) is 0 Å². The van der Waals surface area contributed by atoms with Gasteiger partial charge < -0.3 is 10.5 Å². The lowest BCUT2D eigenvalue weighted by Gasteiger charge is -2.19. The van der Waals surface area contributed by atoms with Crippen LogP contribution in [0.25, 0.3) is 0 Å². The van der Waals surface area contributed by atoms with E-state index in [0.717, 1.165) is 0 Å². The van der Waals surface area contributed by atoms with Crippen LogP contribution >= 0.6 is 0 Å². The van der Waals surface area contributed by atoms with E-state index < -0.39 is 0 Å². The molecule has 12 heavy (non-hydrogen) atoms. The number of nitrogens with two attached hydrogens (primary N) is 1. The van der Waals surface area contributed by atoms with E-state index >= 15 is 0 Å². The highest BCUT2D eigenvalue weighted by molar-refractivity contribution is 5.91. The SMILES string of the molecule is COCCON1C=CC(N)=NC1. The van der Waals surface area contributed by atoms with E-state index in [9.17, 15) is 0 Å². The minimum Gasteiger partial charge on any atom is -0.384 e. The third-order valence-corrected chi connectivity index (χ3v) is 1.35. The van der Waals surface area contributed by atoms with Gasteiger partial charge in [-0.3, -0.25) is 4.84 Å². The predicted octanol–water partition coefficient (Wildman–Crippen LogP) is -0.292. The van der Waals surface area contributed by atoms with Gasteiger partial charge in [-0.2, -0.15) is 0 Å². The summed E-state index contributed by atoms with van der Waals surface area (Å²) in [6.07, 6.45) is 3.44. The Balaban J connectivity index is 2.16. The smallest absolute Gasteiger partial charge is 0.137 e. The Bertz CT molecular complexity index is 191. The van der Waals surface area contributed by atoms with E-state index in [-0.39, 0.29) is 0 Å². The summed E-state index contributed by atoms with van der Waals surface area (Å²) in [4.78, 5) is 9.19. The fourth-order valence-corrected chi connectivity index (χ4v) is 0.732. The number of ether oxygens (including phenoxy) is 1. The molecule has 0 amide bonds. The van der Waals surface area contributed by atoms with Crippen molar-refractivity contribution >= 4 is 5.84 Å². The highest BCUT2D eigenvalue weighted by Gasteiger charge is 2.02. The monoisotopic (exact) mass is 171 g/mol. The van der Waals surface area contributed by atoms with Crippen molar-refractivity contribution in [3.63, 3.8) is 0 Å². The molecule has 0 unspecified atom stereocenters. The highest BCUT2D eigenvalue weighted by atomic mass is 16.7. The van der Waals surface area contributed by atoms with Crippen LogP contribution in [0.4, 0.5) is 0 Å². The van der Waals surface area contributed by atoms with Gasteiger partial charge in [0.25, 0.3) is 0 Å². The Labute approximate surface area is 71.4 Å². The minimum absolute atomic E-state index is 0.450. The quantitative estimate of drug-likeness (QED) is 0.590. The van der Waals surface area contributed by atoms with Crippen molar-refractivity contribution < 1.29 is 9.57 Å². The van der Waals surface area contributed by atoms with E-state index in [0.29, 0.717) is 25.7 Å². The van der Waals surface area contributed by atoms with Crippen molar-refractivity contribution in [1.29, 1.82) is 0 Å². The minimum atomic E-state index is 0.450. The number of hydrogen-bond acceptors (Lipinski definition) is 5. The molecule has 0 radical (unpaired) electrons. The second-order valence-corrected chi connectivity index (χ2v) is 2.28. The fourth-order valence-electron chi connectivity index (χ4n) is 0.732. The number of nitrogens with zero attached hydrogens (tertiary/aromatic N) is 2. The molecule has 5 heteroatoms. The molecular weight excluding hydrogens is 158 g/mol. The Hall–Kier alpha value is -1.07. The molecule has 68 valence electrons. The molecule has 5 nitrogen and oxygen atoms in total. The first-order chi connectivity index (χ1) is 5.83. The summed E-state index contributed by atoms with van der Waals surface area (Å²) >= 11 is 0. The standard InChI is InChI=1S/C7H13N3O2/c1-11-4-5-12-10-3-2-7(8)9-6-10/h2-3H,4-6H2,1H3,(H2,8,9). The van der Waals surface area contributed by atoms with Gasteiger partial charge in [-0.25, -0.2) is 10.1 Å². The zero-order chi connectivity index (χ0) is 8.81. The highest BCUT2D eigenvalue weighted by Crippen LogP contribution is 1.97. The first kappa shape index (κ1) is 9.02. The van der Waals surface area contributed by atoms with Gasteiger partial charge in [-0.1, -0.05) is 0 Å². The van der Waals surface area contributed by atoms with Crippen molar-refractivity contribution in [3.05, 3.63) is 12.3 Å². The molecule has 1 aliphatic rings. The maximum absolute atomic E-state index is 5.41. The third kappa shape index (κ3) is 2.89. The number of aliphatic imine (C=N–C) groups is 1. The molecule has 2 N–H and O–H groups in total. The van der Waals surface area contributed by atoms with Gasteiger partial charge in [-0.05, 0) is 6.08 Å².